The molecular weight excluding hydrogens is 220 g/mol. The zero-order valence-corrected chi connectivity index (χ0v) is 9.39. The van der Waals surface area contributed by atoms with Gasteiger partial charge in [-0.25, -0.2) is 0 Å². The van der Waals surface area contributed by atoms with E-state index >= 15 is 0 Å². The zero-order valence-electron chi connectivity index (χ0n) is 9.39. The molecule has 0 bridgehead atoms. The van der Waals surface area contributed by atoms with Crippen LogP contribution in [0.25, 0.3) is 0 Å². The van der Waals surface area contributed by atoms with Crippen LogP contribution in [-0.4, -0.2) is 25.8 Å². The molecule has 0 aliphatic carbocycles. The second kappa shape index (κ2) is 3.84. The predicted molar refractivity (Wildman–Crippen MR) is 62.1 cm³/mol. The summed E-state index contributed by atoms with van der Waals surface area (Å²) in [4.78, 5) is 13.3. The van der Waals surface area contributed by atoms with Gasteiger partial charge in [-0.1, -0.05) is 0 Å². The van der Waals surface area contributed by atoms with Crippen molar-refractivity contribution in [2.45, 2.75) is 6.42 Å². The van der Waals surface area contributed by atoms with Crippen molar-refractivity contribution in [2.75, 3.05) is 24.8 Å². The second-order valence-electron chi connectivity index (χ2n) is 4.37. The van der Waals surface area contributed by atoms with Crippen molar-refractivity contribution in [1.29, 1.82) is 0 Å². The molecule has 1 aromatic rings. The van der Waals surface area contributed by atoms with E-state index in [1.165, 1.54) is 0 Å². The summed E-state index contributed by atoms with van der Waals surface area (Å²) in [5.74, 6) is 1.29. The van der Waals surface area contributed by atoms with Gasteiger partial charge in [0.2, 0.25) is 12.7 Å². The number of ether oxygens (including phenoxy) is 2. The molecule has 0 radical (unpaired) electrons. The van der Waals surface area contributed by atoms with Gasteiger partial charge in [-0.05, 0) is 18.6 Å². The first-order chi connectivity index (χ1) is 8.24. The smallest absolute Gasteiger partial charge is 0.231 e. The Morgan fingerprint density at radius 2 is 2.18 bits per heavy atom. The van der Waals surface area contributed by atoms with Crippen molar-refractivity contribution in [2.24, 2.45) is 11.7 Å². The van der Waals surface area contributed by atoms with Crippen LogP contribution in [0.15, 0.2) is 18.2 Å². The monoisotopic (exact) mass is 234 g/mol. The molecule has 1 fully saturated rings. The Morgan fingerprint density at radius 1 is 1.35 bits per heavy atom. The van der Waals surface area contributed by atoms with E-state index in [9.17, 15) is 4.79 Å². The summed E-state index contributed by atoms with van der Waals surface area (Å²) in [5.41, 5.74) is 6.37. The molecule has 2 aliphatic rings. The summed E-state index contributed by atoms with van der Waals surface area (Å²) in [6.45, 7) is 1.82. The Bertz CT molecular complexity index is 461. The lowest BCUT2D eigenvalue weighted by atomic mass is 10.1. The molecule has 5 nitrogen and oxygen atoms in total. The molecule has 2 N–H and O–H groups in total. The lowest BCUT2D eigenvalue weighted by Gasteiger charge is -2.18. The van der Waals surface area contributed by atoms with E-state index < -0.39 is 0 Å². The first-order valence-corrected chi connectivity index (χ1v) is 5.68. The first-order valence-electron chi connectivity index (χ1n) is 5.68. The van der Waals surface area contributed by atoms with Gasteiger partial charge >= 0.3 is 0 Å². The van der Waals surface area contributed by atoms with Gasteiger partial charge < -0.3 is 20.1 Å². The summed E-state index contributed by atoms with van der Waals surface area (Å²) in [7, 11) is 0. The van der Waals surface area contributed by atoms with Gasteiger partial charge in [-0.15, -0.1) is 0 Å². The SMILES string of the molecule is NC(=O)C1CCN(c2ccc3c(c2)OCO3)C1. The standard InChI is InChI=1S/C12H14N2O3/c13-12(15)8-3-4-14(6-8)9-1-2-10-11(5-9)17-7-16-10/h1-2,5,8H,3-4,6-7H2,(H2,13,15). The molecule has 1 aromatic carbocycles. The third-order valence-electron chi connectivity index (χ3n) is 3.31. The average Bonchev–Trinajstić information content (AvgIpc) is 2.97. The van der Waals surface area contributed by atoms with Gasteiger partial charge in [0.25, 0.3) is 0 Å². The van der Waals surface area contributed by atoms with Crippen LogP contribution in [0.4, 0.5) is 5.69 Å². The van der Waals surface area contributed by atoms with Crippen LogP contribution < -0.4 is 20.1 Å². The van der Waals surface area contributed by atoms with Crippen molar-refractivity contribution < 1.29 is 14.3 Å². The fourth-order valence-corrected chi connectivity index (χ4v) is 2.31. The van der Waals surface area contributed by atoms with Crippen LogP contribution in [-0.2, 0) is 4.79 Å². The molecule has 2 heterocycles. The summed E-state index contributed by atoms with van der Waals surface area (Å²) in [6, 6.07) is 5.83. The highest BCUT2D eigenvalue weighted by molar-refractivity contribution is 5.78. The first kappa shape index (κ1) is 10.3. The quantitative estimate of drug-likeness (QED) is 0.819. The number of carbonyl (C=O) groups is 1. The number of carbonyl (C=O) groups excluding carboxylic acids is 1. The number of benzene rings is 1. The van der Waals surface area contributed by atoms with Crippen LogP contribution in [0.2, 0.25) is 0 Å². The highest BCUT2D eigenvalue weighted by Gasteiger charge is 2.27. The van der Waals surface area contributed by atoms with Gasteiger partial charge in [0, 0.05) is 24.8 Å². The van der Waals surface area contributed by atoms with Gasteiger partial charge in [-0.3, -0.25) is 4.79 Å². The molecule has 1 atom stereocenters. The number of rotatable bonds is 2. The van der Waals surface area contributed by atoms with E-state index in [-0.39, 0.29) is 18.6 Å². The van der Waals surface area contributed by atoms with E-state index in [4.69, 9.17) is 15.2 Å². The van der Waals surface area contributed by atoms with E-state index in [0.29, 0.717) is 6.54 Å². The van der Waals surface area contributed by atoms with Gasteiger partial charge in [0.05, 0.1) is 5.92 Å². The van der Waals surface area contributed by atoms with Crippen LogP contribution in [0, 0.1) is 5.92 Å². The number of hydrogen-bond donors (Lipinski definition) is 1. The van der Waals surface area contributed by atoms with Crippen molar-refractivity contribution in [3.8, 4) is 11.5 Å². The van der Waals surface area contributed by atoms with Gasteiger partial charge in [0.1, 0.15) is 0 Å². The molecule has 1 unspecified atom stereocenters. The summed E-state index contributed by atoms with van der Waals surface area (Å²) in [6.07, 6.45) is 0.823. The van der Waals surface area contributed by atoms with E-state index in [1.54, 1.807) is 0 Å². The maximum atomic E-state index is 11.1. The third kappa shape index (κ3) is 1.77. The number of anilines is 1. The highest BCUT2D eigenvalue weighted by Crippen LogP contribution is 2.36. The fourth-order valence-electron chi connectivity index (χ4n) is 2.31. The minimum atomic E-state index is -0.215. The minimum Gasteiger partial charge on any atom is -0.454 e. The number of nitrogens with two attached hydrogens (primary N) is 1. The highest BCUT2D eigenvalue weighted by atomic mass is 16.7. The molecule has 0 saturated carbocycles. The maximum absolute atomic E-state index is 11.1. The molecule has 1 saturated heterocycles. The normalized spacial score (nSPS) is 21.9. The van der Waals surface area contributed by atoms with Crippen molar-refractivity contribution in [1.82, 2.24) is 0 Å². The topological polar surface area (TPSA) is 64.8 Å². The van der Waals surface area contributed by atoms with E-state index in [0.717, 1.165) is 30.2 Å². The van der Waals surface area contributed by atoms with E-state index in [1.807, 2.05) is 18.2 Å². The molecular formula is C12H14N2O3. The third-order valence-corrected chi connectivity index (χ3v) is 3.31. The number of fused-ring (bicyclic) bond motifs is 1. The average molecular weight is 234 g/mol. The number of nitrogens with zero attached hydrogens (tertiary/aromatic N) is 1. The van der Waals surface area contributed by atoms with Crippen LogP contribution >= 0.6 is 0 Å². The molecule has 90 valence electrons. The summed E-state index contributed by atoms with van der Waals surface area (Å²) >= 11 is 0. The van der Waals surface area contributed by atoms with Crippen LogP contribution in [0.1, 0.15) is 6.42 Å². The van der Waals surface area contributed by atoms with E-state index in [2.05, 4.69) is 4.90 Å². The second-order valence-corrected chi connectivity index (χ2v) is 4.37. The van der Waals surface area contributed by atoms with Crippen molar-refractivity contribution >= 4 is 11.6 Å². The molecule has 3 rings (SSSR count). The molecule has 0 spiro atoms. The summed E-state index contributed by atoms with van der Waals surface area (Å²) in [5, 5.41) is 0. The van der Waals surface area contributed by atoms with Crippen molar-refractivity contribution in [3.05, 3.63) is 18.2 Å². The number of primary amides is 1. The summed E-state index contributed by atoms with van der Waals surface area (Å²) < 4.78 is 10.6. The largest absolute Gasteiger partial charge is 0.454 e. The Labute approximate surface area is 99.1 Å². The molecule has 2 aliphatic heterocycles. The Morgan fingerprint density at radius 3 is 2.94 bits per heavy atom. The Balaban J connectivity index is 1.79. The molecule has 5 heteroatoms. The van der Waals surface area contributed by atoms with Gasteiger partial charge in [-0.2, -0.15) is 0 Å². The van der Waals surface area contributed by atoms with Crippen molar-refractivity contribution in [3.63, 3.8) is 0 Å². The number of amides is 1. The predicted octanol–water partition coefficient (Wildman–Crippen LogP) is 0.727. The number of hydrogen-bond acceptors (Lipinski definition) is 4. The molecule has 0 aromatic heterocycles. The zero-order chi connectivity index (χ0) is 11.8. The minimum absolute atomic E-state index is 0.0413. The molecule has 17 heavy (non-hydrogen) atoms. The van der Waals surface area contributed by atoms with Crippen LogP contribution in [0.3, 0.4) is 0 Å². The Hall–Kier alpha value is -1.91. The Kier molecular flexibility index (Phi) is 2.31. The lowest BCUT2D eigenvalue weighted by Crippen LogP contribution is -2.27. The molecule has 1 amide bonds. The fraction of sp³-hybridized carbons (Fsp3) is 0.417. The maximum Gasteiger partial charge on any atom is 0.231 e. The lowest BCUT2D eigenvalue weighted by molar-refractivity contribution is -0.121. The van der Waals surface area contributed by atoms with Gasteiger partial charge in [0.15, 0.2) is 11.5 Å². The van der Waals surface area contributed by atoms with Crippen LogP contribution in [0.5, 0.6) is 11.5 Å².